The van der Waals surface area contributed by atoms with Crippen molar-refractivity contribution in [3.05, 3.63) is 29.8 Å². The van der Waals surface area contributed by atoms with Crippen LogP contribution in [0.5, 0.6) is 0 Å². The highest BCUT2D eigenvalue weighted by atomic mass is 16.5. The lowest BCUT2D eigenvalue weighted by atomic mass is 10.0. The van der Waals surface area contributed by atoms with Crippen molar-refractivity contribution in [1.29, 1.82) is 0 Å². The molecule has 0 aromatic heterocycles. The highest BCUT2D eigenvalue weighted by Crippen LogP contribution is 2.25. The number of rotatable bonds is 4. The zero-order valence-corrected chi connectivity index (χ0v) is 12.5. The van der Waals surface area contributed by atoms with Crippen molar-refractivity contribution < 1.29 is 4.74 Å². The minimum Gasteiger partial charge on any atom is -0.378 e. The fourth-order valence-electron chi connectivity index (χ4n) is 3.36. The summed E-state index contributed by atoms with van der Waals surface area (Å²) in [6, 6.07) is 9.46. The molecule has 0 radical (unpaired) electrons. The van der Waals surface area contributed by atoms with Crippen LogP contribution in [0.4, 0.5) is 5.69 Å². The lowest BCUT2D eigenvalue weighted by Crippen LogP contribution is -2.37. The first-order chi connectivity index (χ1) is 9.83. The number of hydrogen-bond acceptors (Lipinski definition) is 3. The second-order valence-corrected chi connectivity index (χ2v) is 6.11. The molecule has 2 aliphatic heterocycles. The SMILES string of the molecule is CC1CC(NCc2ccccc2N2CCCC2)CCO1. The van der Waals surface area contributed by atoms with E-state index in [0.717, 1.165) is 26.0 Å². The molecular formula is C17H26N2O. The molecule has 3 rings (SSSR count). The molecule has 1 N–H and O–H groups in total. The molecule has 0 spiro atoms. The molecule has 2 heterocycles. The van der Waals surface area contributed by atoms with Crippen molar-refractivity contribution in [1.82, 2.24) is 5.32 Å². The van der Waals surface area contributed by atoms with Crippen molar-refractivity contribution in [2.75, 3.05) is 24.6 Å². The lowest BCUT2D eigenvalue weighted by molar-refractivity contribution is 0.0130. The maximum Gasteiger partial charge on any atom is 0.0561 e. The summed E-state index contributed by atoms with van der Waals surface area (Å²) < 4.78 is 5.62. The molecule has 110 valence electrons. The minimum atomic E-state index is 0.398. The third-order valence-electron chi connectivity index (χ3n) is 4.50. The molecule has 2 saturated heterocycles. The summed E-state index contributed by atoms with van der Waals surface area (Å²) in [4.78, 5) is 2.53. The molecule has 2 fully saturated rings. The standard InChI is InChI=1S/C17H26N2O/c1-14-12-16(8-11-20-14)18-13-15-6-2-3-7-17(15)19-9-4-5-10-19/h2-3,6-7,14,16,18H,4-5,8-13H2,1H3. The second-order valence-electron chi connectivity index (χ2n) is 6.11. The summed E-state index contributed by atoms with van der Waals surface area (Å²) in [7, 11) is 0. The Balaban J connectivity index is 1.62. The largest absolute Gasteiger partial charge is 0.378 e. The van der Waals surface area contributed by atoms with E-state index in [1.165, 1.54) is 37.2 Å². The Morgan fingerprint density at radius 2 is 2.05 bits per heavy atom. The summed E-state index contributed by atoms with van der Waals surface area (Å²) in [5.41, 5.74) is 2.87. The Bertz CT molecular complexity index is 429. The summed E-state index contributed by atoms with van der Waals surface area (Å²) in [6.07, 6.45) is 5.33. The van der Waals surface area contributed by atoms with Gasteiger partial charge in [-0.25, -0.2) is 0 Å². The second kappa shape index (κ2) is 6.59. The molecule has 20 heavy (non-hydrogen) atoms. The van der Waals surface area contributed by atoms with Gasteiger partial charge in [-0.3, -0.25) is 0 Å². The summed E-state index contributed by atoms with van der Waals surface area (Å²) in [5.74, 6) is 0. The molecule has 3 nitrogen and oxygen atoms in total. The topological polar surface area (TPSA) is 24.5 Å². The Hall–Kier alpha value is -1.06. The van der Waals surface area contributed by atoms with Crippen molar-refractivity contribution >= 4 is 5.69 Å². The number of anilines is 1. The smallest absolute Gasteiger partial charge is 0.0561 e. The van der Waals surface area contributed by atoms with Crippen LogP contribution >= 0.6 is 0 Å². The highest BCUT2D eigenvalue weighted by Gasteiger charge is 2.20. The Labute approximate surface area is 122 Å². The number of para-hydroxylation sites is 1. The molecule has 0 amide bonds. The first-order valence-electron chi connectivity index (χ1n) is 8.01. The van der Waals surface area contributed by atoms with Gasteiger partial charge in [0.15, 0.2) is 0 Å². The summed E-state index contributed by atoms with van der Waals surface area (Å²) >= 11 is 0. The van der Waals surface area contributed by atoms with Crippen LogP contribution in [-0.4, -0.2) is 31.8 Å². The maximum atomic E-state index is 5.62. The van der Waals surface area contributed by atoms with E-state index < -0.39 is 0 Å². The van der Waals surface area contributed by atoms with Gasteiger partial charge in [0.1, 0.15) is 0 Å². The molecule has 0 bridgehead atoms. The minimum absolute atomic E-state index is 0.398. The summed E-state index contributed by atoms with van der Waals surface area (Å²) in [5, 5.41) is 3.73. The molecule has 1 aromatic rings. The lowest BCUT2D eigenvalue weighted by Gasteiger charge is -2.29. The van der Waals surface area contributed by atoms with Gasteiger partial charge in [0, 0.05) is 38.0 Å². The number of hydrogen-bond donors (Lipinski definition) is 1. The maximum absolute atomic E-state index is 5.62. The molecule has 0 aliphatic carbocycles. The zero-order chi connectivity index (χ0) is 13.8. The monoisotopic (exact) mass is 274 g/mol. The predicted molar refractivity (Wildman–Crippen MR) is 83.2 cm³/mol. The molecule has 2 atom stereocenters. The van der Waals surface area contributed by atoms with Crippen LogP contribution in [0, 0.1) is 0 Å². The Morgan fingerprint density at radius 3 is 2.85 bits per heavy atom. The Kier molecular flexibility index (Phi) is 4.58. The van der Waals surface area contributed by atoms with Gasteiger partial charge in [0.05, 0.1) is 6.10 Å². The average Bonchev–Trinajstić information content (AvgIpc) is 3.00. The molecule has 0 saturated carbocycles. The number of nitrogens with zero attached hydrogens (tertiary/aromatic N) is 1. The molecular weight excluding hydrogens is 248 g/mol. The van der Waals surface area contributed by atoms with Gasteiger partial charge in [-0.15, -0.1) is 0 Å². The number of benzene rings is 1. The fraction of sp³-hybridized carbons (Fsp3) is 0.647. The summed E-state index contributed by atoms with van der Waals surface area (Å²) in [6.45, 7) is 6.47. The highest BCUT2D eigenvalue weighted by molar-refractivity contribution is 5.54. The van der Waals surface area contributed by atoms with Crippen LogP contribution in [-0.2, 0) is 11.3 Å². The van der Waals surface area contributed by atoms with Gasteiger partial charge in [0.25, 0.3) is 0 Å². The molecule has 2 aliphatic rings. The van der Waals surface area contributed by atoms with Gasteiger partial charge >= 0.3 is 0 Å². The van der Waals surface area contributed by atoms with Gasteiger partial charge in [-0.1, -0.05) is 18.2 Å². The van der Waals surface area contributed by atoms with E-state index in [1.54, 1.807) is 0 Å². The van der Waals surface area contributed by atoms with Crippen LogP contribution in [0.25, 0.3) is 0 Å². The van der Waals surface area contributed by atoms with E-state index in [-0.39, 0.29) is 0 Å². The van der Waals surface area contributed by atoms with Gasteiger partial charge in [-0.2, -0.15) is 0 Å². The van der Waals surface area contributed by atoms with E-state index in [2.05, 4.69) is 41.4 Å². The predicted octanol–water partition coefficient (Wildman–Crippen LogP) is 2.94. The quantitative estimate of drug-likeness (QED) is 0.913. The first kappa shape index (κ1) is 13.9. The molecule has 3 heteroatoms. The first-order valence-corrected chi connectivity index (χ1v) is 8.01. The van der Waals surface area contributed by atoms with Gasteiger partial charge in [0.2, 0.25) is 0 Å². The van der Waals surface area contributed by atoms with Crippen LogP contribution in [0.1, 0.15) is 38.2 Å². The van der Waals surface area contributed by atoms with E-state index in [4.69, 9.17) is 4.74 Å². The Morgan fingerprint density at radius 1 is 1.25 bits per heavy atom. The molecule has 2 unspecified atom stereocenters. The van der Waals surface area contributed by atoms with E-state index in [0.29, 0.717) is 12.1 Å². The van der Waals surface area contributed by atoms with Crippen LogP contribution in [0.15, 0.2) is 24.3 Å². The van der Waals surface area contributed by atoms with Crippen LogP contribution < -0.4 is 10.2 Å². The van der Waals surface area contributed by atoms with E-state index >= 15 is 0 Å². The number of ether oxygens (including phenoxy) is 1. The third kappa shape index (κ3) is 3.33. The van der Waals surface area contributed by atoms with Crippen molar-refractivity contribution in [3.63, 3.8) is 0 Å². The third-order valence-corrected chi connectivity index (χ3v) is 4.50. The average molecular weight is 274 g/mol. The number of nitrogens with one attached hydrogen (secondary N) is 1. The van der Waals surface area contributed by atoms with Crippen molar-refractivity contribution in [3.8, 4) is 0 Å². The zero-order valence-electron chi connectivity index (χ0n) is 12.5. The van der Waals surface area contributed by atoms with Gasteiger partial charge < -0.3 is 15.0 Å². The van der Waals surface area contributed by atoms with Crippen molar-refractivity contribution in [2.24, 2.45) is 0 Å². The van der Waals surface area contributed by atoms with Crippen LogP contribution in [0.3, 0.4) is 0 Å². The normalized spacial score (nSPS) is 26.9. The molecule has 1 aromatic carbocycles. The van der Waals surface area contributed by atoms with E-state index in [9.17, 15) is 0 Å². The van der Waals surface area contributed by atoms with Crippen LogP contribution in [0.2, 0.25) is 0 Å². The fourth-order valence-corrected chi connectivity index (χ4v) is 3.36. The van der Waals surface area contributed by atoms with Crippen molar-refractivity contribution in [2.45, 2.75) is 51.3 Å². The van der Waals surface area contributed by atoms with E-state index in [1.807, 2.05) is 0 Å². The van der Waals surface area contributed by atoms with Gasteiger partial charge in [-0.05, 0) is 44.2 Å².